The number of benzene rings is 1. The van der Waals surface area contributed by atoms with E-state index in [9.17, 15) is 4.79 Å². The van der Waals surface area contributed by atoms with Crippen molar-refractivity contribution in [1.29, 1.82) is 0 Å². The summed E-state index contributed by atoms with van der Waals surface area (Å²) in [7, 11) is 3.15. The molecule has 0 unspecified atom stereocenters. The van der Waals surface area contributed by atoms with E-state index in [4.69, 9.17) is 9.47 Å². The summed E-state index contributed by atoms with van der Waals surface area (Å²) in [4.78, 5) is 14.4. The number of hydrogen-bond donors (Lipinski definition) is 0. The van der Waals surface area contributed by atoms with Gasteiger partial charge in [-0.05, 0) is 37.6 Å². The van der Waals surface area contributed by atoms with Gasteiger partial charge in [-0.15, -0.1) is 11.3 Å². The summed E-state index contributed by atoms with van der Waals surface area (Å²) in [5.41, 5.74) is 1.59. The van der Waals surface area contributed by atoms with Gasteiger partial charge >= 0.3 is 0 Å². The molecule has 2 aromatic rings. The summed E-state index contributed by atoms with van der Waals surface area (Å²) in [6.45, 7) is 3.95. The molecule has 0 saturated heterocycles. The zero-order valence-electron chi connectivity index (χ0n) is 11.4. The number of hydrogen-bond acceptors (Lipinski definition) is 4. The van der Waals surface area contributed by atoms with Gasteiger partial charge in [-0.2, -0.15) is 0 Å². The first kappa shape index (κ1) is 13.6. The molecule has 0 aliphatic rings. The third kappa shape index (κ3) is 2.79. The Bertz CT molecular complexity index is 592. The van der Waals surface area contributed by atoms with Crippen LogP contribution in [0.3, 0.4) is 0 Å². The fourth-order valence-electron chi connectivity index (χ4n) is 1.94. The molecule has 3 nitrogen and oxygen atoms in total. The Hall–Kier alpha value is -1.81. The SMILES string of the molecule is COc1cc(OC)cc(C(=O)c2sc(C)cc2C)c1. The molecule has 0 aliphatic carbocycles. The Morgan fingerprint density at radius 2 is 1.58 bits per heavy atom. The molecule has 0 bridgehead atoms. The molecule has 1 heterocycles. The predicted molar refractivity (Wildman–Crippen MR) is 76.8 cm³/mol. The maximum absolute atomic E-state index is 12.5. The van der Waals surface area contributed by atoms with E-state index in [1.807, 2.05) is 19.9 Å². The molecule has 1 aromatic heterocycles. The van der Waals surface area contributed by atoms with Crippen molar-refractivity contribution in [3.63, 3.8) is 0 Å². The fourth-order valence-corrected chi connectivity index (χ4v) is 2.92. The minimum atomic E-state index is 0.00722. The van der Waals surface area contributed by atoms with Crippen molar-refractivity contribution in [2.75, 3.05) is 14.2 Å². The highest BCUT2D eigenvalue weighted by Gasteiger charge is 2.16. The lowest BCUT2D eigenvalue weighted by Crippen LogP contribution is -2.01. The molecule has 0 atom stereocenters. The topological polar surface area (TPSA) is 35.5 Å². The summed E-state index contributed by atoms with van der Waals surface area (Å²) in [6.07, 6.45) is 0. The molecule has 0 radical (unpaired) electrons. The summed E-state index contributed by atoms with van der Waals surface area (Å²) in [5.74, 6) is 1.25. The van der Waals surface area contributed by atoms with Gasteiger partial charge in [0.15, 0.2) is 0 Å². The molecule has 0 amide bonds. The number of carbonyl (C=O) groups is 1. The minimum absolute atomic E-state index is 0.00722. The van der Waals surface area contributed by atoms with Crippen LogP contribution in [-0.4, -0.2) is 20.0 Å². The van der Waals surface area contributed by atoms with Crippen LogP contribution in [0.25, 0.3) is 0 Å². The molecular formula is C15H16O3S. The van der Waals surface area contributed by atoms with Gasteiger partial charge < -0.3 is 9.47 Å². The second-order valence-corrected chi connectivity index (χ2v) is 5.56. The molecule has 0 fully saturated rings. The van der Waals surface area contributed by atoms with Crippen molar-refractivity contribution >= 4 is 17.1 Å². The van der Waals surface area contributed by atoms with Crippen LogP contribution in [0.5, 0.6) is 11.5 Å². The van der Waals surface area contributed by atoms with Gasteiger partial charge in [-0.1, -0.05) is 0 Å². The summed E-state index contributed by atoms with van der Waals surface area (Å²) < 4.78 is 10.4. The number of carbonyl (C=O) groups excluding carboxylic acids is 1. The first-order chi connectivity index (χ1) is 9.05. The average Bonchev–Trinajstić information content (AvgIpc) is 2.76. The van der Waals surface area contributed by atoms with E-state index in [0.717, 1.165) is 15.3 Å². The third-order valence-electron chi connectivity index (χ3n) is 2.86. The van der Waals surface area contributed by atoms with Gasteiger partial charge in [0.2, 0.25) is 5.78 Å². The highest BCUT2D eigenvalue weighted by molar-refractivity contribution is 7.14. The lowest BCUT2D eigenvalue weighted by atomic mass is 10.1. The van der Waals surface area contributed by atoms with Crippen molar-refractivity contribution in [3.8, 4) is 11.5 Å². The van der Waals surface area contributed by atoms with Crippen LogP contribution in [0.2, 0.25) is 0 Å². The van der Waals surface area contributed by atoms with Crippen molar-refractivity contribution in [2.45, 2.75) is 13.8 Å². The van der Waals surface area contributed by atoms with E-state index < -0.39 is 0 Å². The lowest BCUT2D eigenvalue weighted by molar-refractivity contribution is 0.104. The van der Waals surface area contributed by atoms with E-state index in [-0.39, 0.29) is 5.78 Å². The van der Waals surface area contributed by atoms with Gasteiger partial charge in [0.25, 0.3) is 0 Å². The van der Waals surface area contributed by atoms with E-state index in [1.165, 1.54) is 11.3 Å². The normalized spacial score (nSPS) is 10.3. The van der Waals surface area contributed by atoms with Crippen LogP contribution in [-0.2, 0) is 0 Å². The molecule has 0 saturated carbocycles. The molecule has 100 valence electrons. The highest BCUT2D eigenvalue weighted by atomic mass is 32.1. The van der Waals surface area contributed by atoms with Gasteiger partial charge in [-0.25, -0.2) is 0 Å². The number of aryl methyl sites for hydroxylation is 2. The Morgan fingerprint density at radius 1 is 1.00 bits per heavy atom. The van der Waals surface area contributed by atoms with Gasteiger partial charge in [0, 0.05) is 16.5 Å². The third-order valence-corrected chi connectivity index (χ3v) is 4.01. The molecule has 4 heteroatoms. The largest absolute Gasteiger partial charge is 0.497 e. The first-order valence-corrected chi connectivity index (χ1v) is 6.71. The fraction of sp³-hybridized carbons (Fsp3) is 0.267. The number of ether oxygens (including phenoxy) is 2. The molecule has 2 rings (SSSR count). The standard InChI is InChI=1S/C15H16O3S/c1-9-5-10(2)19-15(9)14(16)11-6-12(17-3)8-13(7-11)18-4/h5-8H,1-4H3. The highest BCUT2D eigenvalue weighted by Crippen LogP contribution is 2.28. The second-order valence-electron chi connectivity index (χ2n) is 4.30. The van der Waals surface area contributed by atoms with Crippen LogP contribution < -0.4 is 9.47 Å². The number of ketones is 1. The Morgan fingerprint density at radius 3 is 2.00 bits per heavy atom. The smallest absolute Gasteiger partial charge is 0.203 e. The van der Waals surface area contributed by atoms with E-state index in [0.29, 0.717) is 17.1 Å². The zero-order valence-corrected chi connectivity index (χ0v) is 12.3. The van der Waals surface area contributed by atoms with Crippen molar-refractivity contribution in [1.82, 2.24) is 0 Å². The molecule has 0 N–H and O–H groups in total. The van der Waals surface area contributed by atoms with Crippen molar-refractivity contribution in [2.24, 2.45) is 0 Å². The number of rotatable bonds is 4. The minimum Gasteiger partial charge on any atom is -0.497 e. The summed E-state index contributed by atoms with van der Waals surface area (Å²) in [5, 5.41) is 0. The monoisotopic (exact) mass is 276 g/mol. The summed E-state index contributed by atoms with van der Waals surface area (Å²) >= 11 is 1.51. The van der Waals surface area contributed by atoms with Crippen molar-refractivity contribution in [3.05, 3.63) is 45.1 Å². The lowest BCUT2D eigenvalue weighted by Gasteiger charge is -2.07. The quantitative estimate of drug-likeness (QED) is 0.800. The predicted octanol–water partition coefficient (Wildman–Crippen LogP) is 3.61. The van der Waals surface area contributed by atoms with Crippen LogP contribution in [0.15, 0.2) is 24.3 Å². The first-order valence-electron chi connectivity index (χ1n) is 5.90. The van der Waals surface area contributed by atoms with Crippen molar-refractivity contribution < 1.29 is 14.3 Å². The van der Waals surface area contributed by atoms with Gasteiger partial charge in [-0.3, -0.25) is 4.79 Å². The number of thiophene rings is 1. The van der Waals surface area contributed by atoms with E-state index in [1.54, 1.807) is 32.4 Å². The van der Waals surface area contributed by atoms with E-state index in [2.05, 4.69) is 0 Å². The van der Waals surface area contributed by atoms with Gasteiger partial charge in [0.1, 0.15) is 11.5 Å². The van der Waals surface area contributed by atoms with Crippen LogP contribution in [0, 0.1) is 13.8 Å². The molecular weight excluding hydrogens is 260 g/mol. The molecule has 1 aromatic carbocycles. The maximum Gasteiger partial charge on any atom is 0.203 e. The second kappa shape index (κ2) is 5.45. The maximum atomic E-state index is 12.5. The van der Waals surface area contributed by atoms with E-state index >= 15 is 0 Å². The van der Waals surface area contributed by atoms with Crippen LogP contribution >= 0.6 is 11.3 Å². The molecule has 0 aliphatic heterocycles. The van der Waals surface area contributed by atoms with Crippen LogP contribution in [0.1, 0.15) is 25.7 Å². The molecule has 19 heavy (non-hydrogen) atoms. The summed E-state index contributed by atoms with van der Waals surface area (Å²) in [6, 6.07) is 7.25. The zero-order chi connectivity index (χ0) is 14.0. The average molecular weight is 276 g/mol. The van der Waals surface area contributed by atoms with Crippen LogP contribution in [0.4, 0.5) is 0 Å². The van der Waals surface area contributed by atoms with Gasteiger partial charge in [0.05, 0.1) is 19.1 Å². The number of methoxy groups -OCH3 is 2. The Balaban J connectivity index is 2.46. The Kier molecular flexibility index (Phi) is 3.90. The Labute approximate surface area is 116 Å². The molecule has 0 spiro atoms.